The van der Waals surface area contributed by atoms with Crippen LogP contribution in [0.4, 0.5) is 5.13 Å². The highest BCUT2D eigenvalue weighted by Crippen LogP contribution is 2.41. The van der Waals surface area contributed by atoms with Crippen LogP contribution >= 0.6 is 11.5 Å². The van der Waals surface area contributed by atoms with Gasteiger partial charge in [-0.3, -0.25) is 4.79 Å². The third kappa shape index (κ3) is 1.57. The molecule has 1 heterocycles. The van der Waals surface area contributed by atoms with E-state index in [0.29, 0.717) is 11.7 Å². The fourth-order valence-corrected chi connectivity index (χ4v) is 1.99. The lowest BCUT2D eigenvalue weighted by molar-refractivity contribution is -0.153. The maximum atomic E-state index is 11.0. The molecule has 1 fully saturated rings. The van der Waals surface area contributed by atoms with Gasteiger partial charge >= 0.3 is 5.97 Å². The zero-order valence-corrected chi connectivity index (χ0v) is 8.38. The Morgan fingerprint density at radius 1 is 1.71 bits per heavy atom. The molecule has 1 aromatic heterocycles. The molecule has 0 amide bonds. The summed E-state index contributed by atoms with van der Waals surface area (Å²) in [7, 11) is 0. The van der Waals surface area contributed by atoms with Gasteiger partial charge in [0.2, 0.25) is 5.13 Å². The number of hydrogen-bond donors (Lipinski definition) is 2. The van der Waals surface area contributed by atoms with Crippen molar-refractivity contribution in [1.29, 1.82) is 0 Å². The minimum Gasteiger partial charge on any atom is -0.481 e. The van der Waals surface area contributed by atoms with Crippen molar-refractivity contribution in [2.45, 2.75) is 19.3 Å². The topological polar surface area (TPSA) is 75.1 Å². The molecule has 0 unspecified atom stereocenters. The van der Waals surface area contributed by atoms with Crippen LogP contribution in [0.1, 0.15) is 19.3 Å². The number of rotatable bonds is 4. The van der Waals surface area contributed by atoms with E-state index in [-0.39, 0.29) is 0 Å². The van der Waals surface area contributed by atoms with Crippen molar-refractivity contribution in [2.24, 2.45) is 5.41 Å². The van der Waals surface area contributed by atoms with Crippen LogP contribution in [0.15, 0.2) is 6.33 Å². The molecular weight excluding hydrogens is 202 g/mol. The number of aromatic nitrogens is 2. The number of aliphatic carboxylic acids is 1. The number of carbonyl (C=O) groups is 1. The Kier molecular flexibility index (Phi) is 2.37. The SMILES string of the molecule is O=C(O)C1(CNc2ncns2)CCC1. The van der Waals surface area contributed by atoms with Gasteiger partial charge in [-0.1, -0.05) is 6.42 Å². The van der Waals surface area contributed by atoms with Crippen LogP contribution in [-0.2, 0) is 4.79 Å². The van der Waals surface area contributed by atoms with Crippen molar-refractivity contribution in [3.8, 4) is 0 Å². The van der Waals surface area contributed by atoms with Crippen molar-refractivity contribution >= 4 is 22.6 Å². The lowest BCUT2D eigenvalue weighted by Crippen LogP contribution is -2.43. The van der Waals surface area contributed by atoms with Crippen LogP contribution in [0.25, 0.3) is 0 Å². The second-order valence-corrected chi connectivity index (χ2v) is 4.32. The minimum atomic E-state index is -0.708. The molecule has 6 heteroatoms. The average molecular weight is 213 g/mol. The van der Waals surface area contributed by atoms with Crippen LogP contribution in [-0.4, -0.2) is 27.0 Å². The van der Waals surface area contributed by atoms with Crippen molar-refractivity contribution in [3.63, 3.8) is 0 Å². The zero-order valence-electron chi connectivity index (χ0n) is 7.56. The maximum Gasteiger partial charge on any atom is 0.311 e. The van der Waals surface area contributed by atoms with Gasteiger partial charge in [0, 0.05) is 18.1 Å². The summed E-state index contributed by atoms with van der Waals surface area (Å²) in [5.41, 5.74) is -0.564. The first-order valence-electron chi connectivity index (χ1n) is 4.47. The van der Waals surface area contributed by atoms with Gasteiger partial charge in [-0.05, 0) is 12.8 Å². The van der Waals surface area contributed by atoms with Gasteiger partial charge in [0.25, 0.3) is 0 Å². The van der Waals surface area contributed by atoms with Crippen molar-refractivity contribution < 1.29 is 9.90 Å². The summed E-state index contributed by atoms with van der Waals surface area (Å²) in [6.07, 6.45) is 3.98. The number of hydrogen-bond acceptors (Lipinski definition) is 5. The molecule has 0 aliphatic heterocycles. The molecule has 2 N–H and O–H groups in total. The standard InChI is InChI=1S/C8H11N3O2S/c12-6(13)8(2-1-3-8)4-9-7-10-5-11-14-7/h5H,1-4H2,(H,12,13)(H,9,10,11). The molecule has 1 saturated carbocycles. The zero-order chi connectivity index (χ0) is 10.0. The largest absolute Gasteiger partial charge is 0.481 e. The predicted octanol–water partition coefficient (Wildman–Crippen LogP) is 1.20. The number of nitrogens with zero attached hydrogens (tertiary/aromatic N) is 2. The van der Waals surface area contributed by atoms with E-state index in [0.717, 1.165) is 19.3 Å². The molecule has 0 bridgehead atoms. The first kappa shape index (κ1) is 9.39. The Morgan fingerprint density at radius 3 is 2.93 bits per heavy atom. The Morgan fingerprint density at radius 2 is 2.50 bits per heavy atom. The van der Waals surface area contributed by atoms with E-state index in [1.807, 2.05) is 0 Å². The molecule has 1 aromatic rings. The van der Waals surface area contributed by atoms with E-state index in [4.69, 9.17) is 5.11 Å². The van der Waals surface area contributed by atoms with E-state index in [2.05, 4.69) is 14.7 Å². The predicted molar refractivity (Wildman–Crippen MR) is 52.3 cm³/mol. The molecular formula is C8H11N3O2S. The van der Waals surface area contributed by atoms with Gasteiger partial charge in [-0.25, -0.2) is 4.98 Å². The van der Waals surface area contributed by atoms with Gasteiger partial charge in [0.05, 0.1) is 5.41 Å². The van der Waals surface area contributed by atoms with E-state index >= 15 is 0 Å². The third-order valence-electron chi connectivity index (χ3n) is 2.70. The lowest BCUT2D eigenvalue weighted by atomic mass is 9.69. The first-order chi connectivity index (χ1) is 6.73. The van der Waals surface area contributed by atoms with Gasteiger partial charge in [0.1, 0.15) is 6.33 Å². The third-order valence-corrected chi connectivity index (χ3v) is 3.33. The maximum absolute atomic E-state index is 11.0. The van der Waals surface area contributed by atoms with Gasteiger partial charge in [-0.2, -0.15) is 4.37 Å². The van der Waals surface area contributed by atoms with Crippen LogP contribution < -0.4 is 5.32 Å². The quantitative estimate of drug-likeness (QED) is 0.786. The van der Waals surface area contributed by atoms with Gasteiger partial charge in [0.15, 0.2) is 0 Å². The highest BCUT2D eigenvalue weighted by atomic mass is 32.1. The highest BCUT2D eigenvalue weighted by molar-refractivity contribution is 7.09. The molecule has 2 rings (SSSR count). The Hall–Kier alpha value is -1.17. The summed E-state index contributed by atoms with van der Waals surface area (Å²) in [6.45, 7) is 0.456. The van der Waals surface area contributed by atoms with Crippen LogP contribution in [0.3, 0.4) is 0 Å². The van der Waals surface area contributed by atoms with Crippen molar-refractivity contribution in [2.75, 3.05) is 11.9 Å². The fraction of sp³-hybridized carbons (Fsp3) is 0.625. The van der Waals surface area contributed by atoms with Crippen molar-refractivity contribution in [1.82, 2.24) is 9.36 Å². The van der Waals surface area contributed by atoms with Crippen LogP contribution in [0.5, 0.6) is 0 Å². The molecule has 1 aliphatic carbocycles. The second kappa shape index (κ2) is 3.53. The van der Waals surface area contributed by atoms with Gasteiger partial charge in [-0.15, -0.1) is 0 Å². The van der Waals surface area contributed by atoms with E-state index < -0.39 is 11.4 Å². The summed E-state index contributed by atoms with van der Waals surface area (Å²) in [5.74, 6) is -0.708. The minimum absolute atomic E-state index is 0.456. The van der Waals surface area contributed by atoms with E-state index in [9.17, 15) is 4.79 Å². The second-order valence-electron chi connectivity index (χ2n) is 3.54. The summed E-state index contributed by atoms with van der Waals surface area (Å²) in [5, 5.41) is 12.7. The molecule has 0 aromatic carbocycles. The number of nitrogens with one attached hydrogen (secondary N) is 1. The lowest BCUT2D eigenvalue weighted by Gasteiger charge is -2.37. The number of carboxylic acids is 1. The molecule has 0 radical (unpaired) electrons. The molecule has 76 valence electrons. The Bertz CT molecular complexity index is 321. The molecule has 0 saturated heterocycles. The van der Waals surface area contributed by atoms with Crippen molar-refractivity contribution in [3.05, 3.63) is 6.33 Å². The summed E-state index contributed by atoms with van der Waals surface area (Å²) in [6, 6.07) is 0. The van der Waals surface area contributed by atoms with E-state index in [1.54, 1.807) is 0 Å². The number of carboxylic acid groups (broad SMARTS) is 1. The molecule has 1 aliphatic rings. The average Bonchev–Trinajstić information content (AvgIpc) is 2.53. The fourth-order valence-electron chi connectivity index (χ4n) is 1.57. The van der Waals surface area contributed by atoms with Crippen LogP contribution in [0.2, 0.25) is 0 Å². The first-order valence-corrected chi connectivity index (χ1v) is 5.24. The molecule has 5 nitrogen and oxygen atoms in total. The smallest absolute Gasteiger partial charge is 0.311 e. The highest BCUT2D eigenvalue weighted by Gasteiger charge is 2.44. The molecule has 0 spiro atoms. The summed E-state index contributed by atoms with van der Waals surface area (Å²) in [4.78, 5) is 14.9. The number of anilines is 1. The van der Waals surface area contributed by atoms with Gasteiger partial charge < -0.3 is 10.4 Å². The Balaban J connectivity index is 1.93. The molecule has 14 heavy (non-hydrogen) atoms. The van der Waals surface area contributed by atoms with E-state index in [1.165, 1.54) is 17.9 Å². The van der Waals surface area contributed by atoms with Crippen LogP contribution in [0, 0.1) is 5.41 Å². The monoisotopic (exact) mass is 213 g/mol. The normalized spacial score (nSPS) is 18.6. The summed E-state index contributed by atoms with van der Waals surface area (Å²) >= 11 is 1.24. The molecule has 0 atom stereocenters. The summed E-state index contributed by atoms with van der Waals surface area (Å²) < 4.78 is 3.83. The Labute approximate surface area is 85.3 Å².